The van der Waals surface area contributed by atoms with Crippen molar-refractivity contribution in [2.24, 2.45) is 0 Å². The fourth-order valence-electron chi connectivity index (χ4n) is 1.15. The quantitative estimate of drug-likeness (QED) is 0.378. The van der Waals surface area contributed by atoms with E-state index in [4.69, 9.17) is 0 Å². The lowest BCUT2D eigenvalue weighted by Crippen LogP contribution is -2.75. The Morgan fingerprint density at radius 1 is 0.387 bits per heavy atom. The van der Waals surface area contributed by atoms with Gasteiger partial charge in [0.2, 0.25) is 0 Å². The Hall–Kier alpha value is -1.27. The molecule has 0 bridgehead atoms. The first kappa shape index (κ1) is 31.9. The SMILES string of the molecule is C[N+](C)(C)C.[O-]C(F)(F)C(F)(F)C(F)(F)C(F)(F)C(F)(F)C(F)(F)C(F)(F)C(F)(F)F. The summed E-state index contributed by atoms with van der Waals surface area (Å²) in [5, 5.41) is 9.49. The van der Waals surface area contributed by atoms with Gasteiger partial charge >= 0.3 is 41.7 Å². The van der Waals surface area contributed by atoms with Crippen LogP contribution in [0.15, 0.2) is 0 Å². The van der Waals surface area contributed by atoms with Crippen LogP contribution in [0.25, 0.3) is 0 Å². The molecule has 2 nitrogen and oxygen atoms in total. The lowest BCUT2D eigenvalue weighted by Gasteiger charge is -2.44. The monoisotopic (exact) mass is 509 g/mol. The van der Waals surface area contributed by atoms with Crippen LogP contribution in [-0.4, -0.2) is 80.5 Å². The molecule has 0 N–H and O–H groups in total. The molecule has 0 aromatic rings. The van der Waals surface area contributed by atoms with Gasteiger partial charge in [-0.25, -0.2) is 8.78 Å². The first-order chi connectivity index (χ1) is 12.8. The maximum absolute atomic E-state index is 12.8. The predicted octanol–water partition coefficient (Wildman–Crippen LogP) is 4.64. The van der Waals surface area contributed by atoms with Crippen LogP contribution in [-0.2, 0) is 0 Å². The van der Waals surface area contributed by atoms with Gasteiger partial charge in [-0.15, -0.1) is 0 Å². The van der Waals surface area contributed by atoms with E-state index >= 15 is 0 Å². The van der Waals surface area contributed by atoms with Gasteiger partial charge in [0.25, 0.3) is 6.11 Å². The largest absolute Gasteiger partial charge is 0.793 e. The molecule has 0 rings (SSSR count). The third-order valence-corrected chi connectivity index (χ3v) is 2.69. The summed E-state index contributed by atoms with van der Waals surface area (Å²) in [6.45, 7) is 0. The number of halogens is 17. The first-order valence-electron chi connectivity index (χ1n) is 6.96. The van der Waals surface area contributed by atoms with Crippen molar-refractivity contribution in [2.75, 3.05) is 28.2 Å². The van der Waals surface area contributed by atoms with Crippen LogP contribution in [0.1, 0.15) is 0 Å². The van der Waals surface area contributed by atoms with E-state index in [0.29, 0.717) is 0 Å². The van der Waals surface area contributed by atoms with Gasteiger partial charge in [-0.2, -0.15) is 65.9 Å². The normalized spacial score (nSPS) is 16.1. The Morgan fingerprint density at radius 2 is 0.548 bits per heavy atom. The molecule has 0 fully saturated rings. The number of quaternary nitrogens is 1. The third kappa shape index (κ3) is 5.39. The molecule has 0 saturated heterocycles. The van der Waals surface area contributed by atoms with E-state index in [1.54, 1.807) is 0 Å². The minimum Gasteiger partial charge on any atom is -0.793 e. The molecule has 0 radical (unpaired) electrons. The van der Waals surface area contributed by atoms with Crippen LogP contribution in [0, 0.1) is 0 Å². The van der Waals surface area contributed by atoms with Gasteiger partial charge < -0.3 is 9.59 Å². The van der Waals surface area contributed by atoms with Crippen molar-refractivity contribution in [3.05, 3.63) is 0 Å². The zero-order valence-corrected chi connectivity index (χ0v) is 15.3. The molecule has 19 heteroatoms. The second-order valence-corrected chi connectivity index (χ2v) is 7.14. The zero-order chi connectivity index (χ0) is 26.5. The summed E-state index contributed by atoms with van der Waals surface area (Å²) >= 11 is 0. The molecule has 0 saturated carbocycles. The van der Waals surface area contributed by atoms with Gasteiger partial charge in [0.05, 0.1) is 28.2 Å². The average Bonchev–Trinajstić information content (AvgIpc) is 2.41. The molecule has 0 spiro atoms. The average molecular weight is 509 g/mol. The summed E-state index contributed by atoms with van der Waals surface area (Å²) in [6.07, 6.45) is -15.4. The van der Waals surface area contributed by atoms with Crippen LogP contribution in [0.3, 0.4) is 0 Å². The zero-order valence-electron chi connectivity index (χ0n) is 15.3. The topological polar surface area (TPSA) is 23.1 Å². The molecule has 31 heavy (non-hydrogen) atoms. The highest BCUT2D eigenvalue weighted by molar-refractivity contribution is 5.13. The number of alkyl halides is 17. The van der Waals surface area contributed by atoms with Gasteiger partial charge in [0, 0.05) is 0 Å². The summed E-state index contributed by atoms with van der Waals surface area (Å²) in [7, 11) is 8.50. The number of rotatable bonds is 6. The van der Waals surface area contributed by atoms with Gasteiger partial charge in [-0.05, 0) is 0 Å². The van der Waals surface area contributed by atoms with E-state index in [1.165, 1.54) is 0 Å². The molecular weight excluding hydrogens is 497 g/mol. The van der Waals surface area contributed by atoms with Crippen molar-refractivity contribution in [1.82, 2.24) is 0 Å². The van der Waals surface area contributed by atoms with E-state index in [-0.39, 0.29) is 0 Å². The van der Waals surface area contributed by atoms with E-state index in [0.717, 1.165) is 4.48 Å². The van der Waals surface area contributed by atoms with Gasteiger partial charge in [-0.3, -0.25) is 0 Å². The Morgan fingerprint density at radius 3 is 0.710 bits per heavy atom. The predicted molar refractivity (Wildman–Crippen MR) is 64.6 cm³/mol. The molecule has 190 valence electrons. The van der Waals surface area contributed by atoms with E-state index in [2.05, 4.69) is 28.2 Å². The number of nitrogens with zero attached hydrogens (tertiary/aromatic N) is 1. The molecule has 0 aliphatic heterocycles. The Balaban J connectivity index is 0. The maximum atomic E-state index is 12.8. The molecular formula is C12H12F17NO. The summed E-state index contributed by atoms with van der Waals surface area (Å²) in [6, 6.07) is 0. The van der Waals surface area contributed by atoms with E-state index in [9.17, 15) is 79.7 Å². The fraction of sp³-hybridized carbons (Fsp3) is 1.00. The smallest absolute Gasteiger partial charge is 0.460 e. The van der Waals surface area contributed by atoms with E-state index < -0.39 is 47.8 Å². The summed E-state index contributed by atoms with van der Waals surface area (Å²) in [5.74, 6) is -50.7. The second kappa shape index (κ2) is 7.95. The third-order valence-electron chi connectivity index (χ3n) is 2.69. The summed E-state index contributed by atoms with van der Waals surface area (Å²) in [5.41, 5.74) is 0. The Bertz CT molecular complexity index is 556. The molecule has 0 heterocycles. The van der Waals surface area contributed by atoms with Crippen molar-refractivity contribution in [1.29, 1.82) is 0 Å². The van der Waals surface area contributed by atoms with Crippen molar-refractivity contribution in [2.45, 2.75) is 47.8 Å². The molecule has 0 aliphatic carbocycles. The van der Waals surface area contributed by atoms with Crippen molar-refractivity contribution in [3.63, 3.8) is 0 Å². The van der Waals surface area contributed by atoms with E-state index in [1.807, 2.05) is 0 Å². The molecule has 0 amide bonds. The van der Waals surface area contributed by atoms with Gasteiger partial charge in [0.15, 0.2) is 0 Å². The fourth-order valence-corrected chi connectivity index (χ4v) is 1.15. The Kier molecular flexibility index (Phi) is 8.18. The summed E-state index contributed by atoms with van der Waals surface area (Å²) < 4.78 is 211. The Labute approximate surface area is 161 Å². The van der Waals surface area contributed by atoms with Crippen molar-refractivity contribution >= 4 is 0 Å². The lowest BCUT2D eigenvalue weighted by atomic mass is 9.91. The van der Waals surface area contributed by atoms with Crippen LogP contribution < -0.4 is 5.11 Å². The van der Waals surface area contributed by atoms with Crippen LogP contribution >= 0.6 is 0 Å². The van der Waals surface area contributed by atoms with Gasteiger partial charge in [0.1, 0.15) is 0 Å². The summed E-state index contributed by atoms with van der Waals surface area (Å²) in [4.78, 5) is 0. The minimum absolute atomic E-state index is 1.00. The van der Waals surface area contributed by atoms with Crippen LogP contribution in [0.5, 0.6) is 0 Å². The second-order valence-electron chi connectivity index (χ2n) is 7.14. The van der Waals surface area contributed by atoms with Crippen LogP contribution in [0.2, 0.25) is 0 Å². The number of hydrogen-bond acceptors (Lipinski definition) is 1. The standard InChI is InChI=1S/C8F17O.C4H12N/c9-1(10,3(13,14)5(17,18)7(21,22)23)2(11,12)4(15,16)6(19,20)8(24,25)26;1-5(2,3)4/h;1-4H3/q-1;+1. The van der Waals surface area contributed by atoms with Crippen molar-refractivity contribution < 1.29 is 84.2 Å². The molecule has 0 aromatic heterocycles. The molecule has 0 atom stereocenters. The minimum atomic E-state index is -8.70. The molecule has 0 aliphatic rings. The highest BCUT2D eigenvalue weighted by Gasteiger charge is 2.94. The molecule has 0 aromatic carbocycles. The highest BCUT2D eigenvalue weighted by atomic mass is 19.4. The van der Waals surface area contributed by atoms with Crippen molar-refractivity contribution in [3.8, 4) is 0 Å². The number of hydrogen-bond donors (Lipinski definition) is 0. The maximum Gasteiger partial charge on any atom is 0.460 e. The first-order valence-corrected chi connectivity index (χ1v) is 6.96. The van der Waals surface area contributed by atoms with Gasteiger partial charge in [-0.1, -0.05) is 0 Å². The molecule has 0 unspecified atom stereocenters. The van der Waals surface area contributed by atoms with Crippen LogP contribution in [0.4, 0.5) is 74.6 Å². The lowest BCUT2D eigenvalue weighted by molar-refractivity contribution is -0.849. The highest BCUT2D eigenvalue weighted by Crippen LogP contribution is 2.63.